The van der Waals surface area contributed by atoms with Gasteiger partial charge in [0.2, 0.25) is 11.8 Å². The first-order valence-electron chi connectivity index (χ1n) is 9.49. The normalized spacial score (nSPS) is 17.7. The van der Waals surface area contributed by atoms with Gasteiger partial charge in [0.1, 0.15) is 11.0 Å². The number of anilines is 1. The van der Waals surface area contributed by atoms with Crippen LogP contribution in [0.2, 0.25) is 0 Å². The lowest BCUT2D eigenvalue weighted by Gasteiger charge is -2.13. The van der Waals surface area contributed by atoms with Crippen LogP contribution in [0.4, 0.5) is 11.4 Å². The molecule has 1 aliphatic heterocycles. The molecule has 0 aromatic heterocycles. The first kappa shape index (κ1) is 20.9. The Kier molecular flexibility index (Phi) is 6.59. The number of amides is 2. The Hall–Kier alpha value is -2.80. The number of benzene rings is 2. The van der Waals surface area contributed by atoms with E-state index in [2.05, 4.69) is 10.3 Å². The number of nitrogens with zero attached hydrogens (tertiary/aromatic N) is 2. The van der Waals surface area contributed by atoms with E-state index in [1.165, 1.54) is 11.8 Å². The first-order valence-corrected chi connectivity index (χ1v) is 10.4. The summed E-state index contributed by atoms with van der Waals surface area (Å²) in [6.45, 7) is 6.38. The third-order valence-corrected chi connectivity index (χ3v) is 5.84. The predicted octanol–water partition coefficient (Wildman–Crippen LogP) is 4.29. The van der Waals surface area contributed by atoms with E-state index in [1.54, 1.807) is 12.0 Å². The molecule has 152 valence electrons. The second kappa shape index (κ2) is 9.13. The summed E-state index contributed by atoms with van der Waals surface area (Å²) in [5.41, 5.74) is 3.65. The predicted molar refractivity (Wildman–Crippen MR) is 118 cm³/mol. The van der Waals surface area contributed by atoms with Crippen LogP contribution < -0.4 is 10.1 Å². The van der Waals surface area contributed by atoms with Crippen molar-refractivity contribution in [3.63, 3.8) is 0 Å². The first-order chi connectivity index (χ1) is 13.9. The molecule has 1 heterocycles. The van der Waals surface area contributed by atoms with E-state index in [1.807, 2.05) is 63.2 Å². The van der Waals surface area contributed by atoms with Gasteiger partial charge in [-0.3, -0.25) is 14.5 Å². The molecule has 1 N–H and O–H groups in total. The molecule has 7 heteroatoms. The monoisotopic (exact) mass is 411 g/mol. The molecular formula is C22H25N3O3S. The average Bonchev–Trinajstić information content (AvgIpc) is 2.98. The highest BCUT2D eigenvalue weighted by atomic mass is 32.2. The van der Waals surface area contributed by atoms with Crippen molar-refractivity contribution in [1.29, 1.82) is 0 Å². The Morgan fingerprint density at radius 2 is 1.93 bits per heavy atom. The SMILES string of the molecule is CCN1C(=O)C(CC(=O)Nc2ccc(C)cc2C)SC1=Nc1ccc(OC)cc1. The molecule has 0 aliphatic carbocycles. The van der Waals surface area contributed by atoms with Gasteiger partial charge in [0.15, 0.2) is 5.17 Å². The van der Waals surface area contributed by atoms with Crippen molar-refractivity contribution in [1.82, 2.24) is 4.90 Å². The van der Waals surface area contributed by atoms with Crippen LogP contribution in [-0.2, 0) is 9.59 Å². The van der Waals surface area contributed by atoms with E-state index in [4.69, 9.17) is 4.74 Å². The van der Waals surface area contributed by atoms with Gasteiger partial charge in [-0.1, -0.05) is 29.5 Å². The van der Waals surface area contributed by atoms with Crippen LogP contribution in [0, 0.1) is 13.8 Å². The molecule has 6 nitrogen and oxygen atoms in total. The van der Waals surface area contributed by atoms with Crippen molar-refractivity contribution in [2.75, 3.05) is 19.0 Å². The minimum absolute atomic E-state index is 0.0828. The maximum absolute atomic E-state index is 12.8. The number of carbonyl (C=O) groups excluding carboxylic acids is 2. The molecule has 1 atom stereocenters. The second-order valence-corrected chi connectivity index (χ2v) is 8.02. The Morgan fingerprint density at radius 3 is 2.55 bits per heavy atom. The van der Waals surface area contributed by atoms with E-state index in [0.717, 1.165) is 28.3 Å². The maximum Gasteiger partial charge on any atom is 0.242 e. The topological polar surface area (TPSA) is 71.0 Å². The van der Waals surface area contributed by atoms with Crippen LogP contribution >= 0.6 is 11.8 Å². The fourth-order valence-corrected chi connectivity index (χ4v) is 4.33. The molecule has 1 saturated heterocycles. The van der Waals surface area contributed by atoms with Crippen LogP contribution in [0.1, 0.15) is 24.5 Å². The van der Waals surface area contributed by atoms with Gasteiger partial charge < -0.3 is 10.1 Å². The van der Waals surface area contributed by atoms with Gasteiger partial charge in [-0.25, -0.2) is 4.99 Å². The molecule has 0 radical (unpaired) electrons. The zero-order valence-electron chi connectivity index (χ0n) is 17.1. The van der Waals surface area contributed by atoms with E-state index in [0.29, 0.717) is 11.7 Å². The molecule has 3 rings (SSSR count). The molecule has 0 saturated carbocycles. The van der Waals surface area contributed by atoms with Crippen molar-refractivity contribution < 1.29 is 14.3 Å². The number of thioether (sulfide) groups is 1. The highest BCUT2D eigenvalue weighted by Gasteiger charge is 2.38. The fourth-order valence-electron chi connectivity index (χ4n) is 3.11. The van der Waals surface area contributed by atoms with Crippen molar-refractivity contribution in [2.24, 2.45) is 4.99 Å². The summed E-state index contributed by atoms with van der Waals surface area (Å²) >= 11 is 1.34. The van der Waals surface area contributed by atoms with E-state index >= 15 is 0 Å². The number of carbonyl (C=O) groups is 2. The van der Waals surface area contributed by atoms with Crippen molar-refractivity contribution in [3.8, 4) is 5.75 Å². The van der Waals surface area contributed by atoms with Gasteiger partial charge in [0, 0.05) is 18.7 Å². The lowest BCUT2D eigenvalue weighted by atomic mass is 10.1. The van der Waals surface area contributed by atoms with Crippen LogP contribution in [0.15, 0.2) is 47.5 Å². The standard InChI is InChI=1S/C22H25N3O3S/c1-5-25-21(27)19(13-20(26)24-18-11-6-14(2)12-15(18)3)29-22(25)23-16-7-9-17(28-4)10-8-16/h6-12,19H,5,13H2,1-4H3,(H,24,26). The number of hydrogen-bond donors (Lipinski definition) is 1. The van der Waals surface area contributed by atoms with Crippen LogP contribution in [0.5, 0.6) is 5.75 Å². The third kappa shape index (κ3) is 4.98. The average molecular weight is 412 g/mol. The lowest BCUT2D eigenvalue weighted by Crippen LogP contribution is -2.33. The molecule has 0 bridgehead atoms. The molecule has 1 aliphatic rings. The minimum atomic E-state index is -0.474. The molecule has 2 aromatic rings. The number of amidine groups is 1. The summed E-state index contributed by atoms with van der Waals surface area (Å²) in [5, 5.41) is 3.06. The lowest BCUT2D eigenvalue weighted by molar-refractivity contribution is -0.128. The number of hydrogen-bond acceptors (Lipinski definition) is 5. The maximum atomic E-state index is 12.8. The number of ether oxygens (including phenoxy) is 1. The number of nitrogens with one attached hydrogen (secondary N) is 1. The Bertz CT molecular complexity index is 941. The molecule has 29 heavy (non-hydrogen) atoms. The fraction of sp³-hybridized carbons (Fsp3) is 0.318. The Morgan fingerprint density at radius 1 is 1.21 bits per heavy atom. The van der Waals surface area contributed by atoms with Crippen LogP contribution in [0.25, 0.3) is 0 Å². The van der Waals surface area contributed by atoms with Gasteiger partial charge in [0.05, 0.1) is 12.8 Å². The minimum Gasteiger partial charge on any atom is -0.497 e. The van der Waals surface area contributed by atoms with E-state index in [9.17, 15) is 9.59 Å². The Labute approximate surface area is 175 Å². The van der Waals surface area contributed by atoms with Gasteiger partial charge in [-0.15, -0.1) is 0 Å². The molecule has 1 unspecified atom stereocenters. The summed E-state index contributed by atoms with van der Waals surface area (Å²) in [6.07, 6.45) is 0.106. The molecular weight excluding hydrogens is 386 g/mol. The smallest absolute Gasteiger partial charge is 0.242 e. The van der Waals surface area contributed by atoms with Crippen molar-refractivity contribution in [2.45, 2.75) is 32.4 Å². The summed E-state index contributed by atoms with van der Waals surface area (Å²) in [5.74, 6) is 0.488. The van der Waals surface area contributed by atoms with Crippen LogP contribution in [-0.4, -0.2) is 40.8 Å². The number of aryl methyl sites for hydroxylation is 2. The van der Waals surface area contributed by atoms with Crippen molar-refractivity contribution in [3.05, 3.63) is 53.6 Å². The number of rotatable bonds is 6. The summed E-state index contributed by atoms with van der Waals surface area (Å²) in [7, 11) is 1.61. The second-order valence-electron chi connectivity index (χ2n) is 6.85. The molecule has 0 spiro atoms. The zero-order chi connectivity index (χ0) is 21.0. The largest absolute Gasteiger partial charge is 0.497 e. The molecule has 1 fully saturated rings. The number of aliphatic imine (C=N–C) groups is 1. The summed E-state index contributed by atoms with van der Waals surface area (Å²) in [6, 6.07) is 13.2. The Balaban J connectivity index is 1.70. The van der Waals surface area contributed by atoms with Gasteiger partial charge in [0.25, 0.3) is 0 Å². The zero-order valence-corrected chi connectivity index (χ0v) is 17.9. The third-order valence-electron chi connectivity index (χ3n) is 4.66. The van der Waals surface area contributed by atoms with Gasteiger partial charge in [-0.05, 0) is 56.7 Å². The molecule has 2 amide bonds. The van der Waals surface area contributed by atoms with Gasteiger partial charge >= 0.3 is 0 Å². The highest BCUT2D eigenvalue weighted by molar-refractivity contribution is 8.15. The van der Waals surface area contributed by atoms with Crippen LogP contribution in [0.3, 0.4) is 0 Å². The molecule has 2 aromatic carbocycles. The van der Waals surface area contributed by atoms with E-state index in [-0.39, 0.29) is 18.2 Å². The summed E-state index contributed by atoms with van der Waals surface area (Å²) in [4.78, 5) is 31.5. The summed E-state index contributed by atoms with van der Waals surface area (Å²) < 4.78 is 5.16. The van der Waals surface area contributed by atoms with Gasteiger partial charge in [-0.2, -0.15) is 0 Å². The number of methoxy groups -OCH3 is 1. The highest BCUT2D eigenvalue weighted by Crippen LogP contribution is 2.32. The van der Waals surface area contributed by atoms with Crippen molar-refractivity contribution >= 4 is 40.1 Å². The van der Waals surface area contributed by atoms with E-state index < -0.39 is 5.25 Å². The quantitative estimate of drug-likeness (QED) is 0.770.